The van der Waals surface area contributed by atoms with Crippen LogP contribution < -0.4 is 69.6 Å². The van der Waals surface area contributed by atoms with E-state index >= 15 is 0 Å². The molecule has 0 saturated heterocycles. The van der Waals surface area contributed by atoms with Crippen LogP contribution in [0.1, 0.15) is 0 Å². The minimum atomic E-state index is 0. The van der Waals surface area contributed by atoms with Gasteiger partial charge in [-0.3, -0.25) is 11.7 Å². The van der Waals surface area contributed by atoms with Gasteiger partial charge in [-0.15, -0.1) is 0 Å². The standard InChI is InChI=1S/C8H4N2.2Na/c9-5-7-1-2-8(6-10)4-3-7;;/h1-4H;;/q-2;2*+1. The van der Waals surface area contributed by atoms with E-state index in [1.807, 2.05) is 11.7 Å². The van der Waals surface area contributed by atoms with Crippen molar-refractivity contribution < 1.29 is 59.1 Å². The van der Waals surface area contributed by atoms with Crippen LogP contribution in [0.5, 0.6) is 0 Å². The van der Waals surface area contributed by atoms with Crippen molar-refractivity contribution in [3.63, 3.8) is 0 Å². The van der Waals surface area contributed by atoms with Gasteiger partial charge in [0.15, 0.2) is 0 Å². The minimum Gasteiger partial charge on any atom is -0.763 e. The molecule has 0 heterocycles. The number of nitrogens with zero attached hydrogens (tertiary/aromatic N) is 2. The first-order valence-corrected chi connectivity index (χ1v) is 2.77. The Kier molecular flexibility index (Phi) is 9.92. The summed E-state index contributed by atoms with van der Waals surface area (Å²) in [5.41, 5.74) is 0. The van der Waals surface area contributed by atoms with E-state index in [0.717, 1.165) is 0 Å². The Bertz CT molecular complexity index is 328. The average Bonchev–Trinajstić information content (AvgIpc) is 2.05. The fourth-order valence-electron chi connectivity index (χ4n) is 0.619. The van der Waals surface area contributed by atoms with Gasteiger partial charge >= 0.3 is 59.1 Å². The zero-order chi connectivity index (χ0) is 7.40. The molecule has 12 heavy (non-hydrogen) atoms. The normalized spacial score (nSPS) is 6.67. The first-order valence-electron chi connectivity index (χ1n) is 2.77. The fraction of sp³-hybridized carbons (Fsp3) is 0. The Labute approximate surface area is 115 Å². The summed E-state index contributed by atoms with van der Waals surface area (Å²) >= 11 is 0. The van der Waals surface area contributed by atoms with Crippen molar-refractivity contribution in [1.29, 1.82) is 0 Å². The van der Waals surface area contributed by atoms with Crippen LogP contribution in [0.3, 0.4) is 0 Å². The summed E-state index contributed by atoms with van der Waals surface area (Å²) in [6, 6.07) is 6.49. The summed E-state index contributed by atoms with van der Waals surface area (Å²) in [5.74, 6) is 3.94. The Morgan fingerprint density at radius 1 is 0.750 bits per heavy atom. The Hall–Kier alpha value is 0.380. The van der Waals surface area contributed by atoms with Crippen LogP contribution in [0.2, 0.25) is 0 Å². The number of rotatable bonds is 0. The molecule has 0 aliphatic carbocycles. The molecule has 0 spiro atoms. The third kappa shape index (κ3) is 4.42. The quantitative estimate of drug-likeness (QED) is 0.277. The summed E-state index contributed by atoms with van der Waals surface area (Å²) in [4.78, 5) is 0. The van der Waals surface area contributed by atoms with Crippen LogP contribution in [-0.2, 0) is 0 Å². The molecule has 0 bridgehead atoms. The van der Waals surface area contributed by atoms with Crippen molar-refractivity contribution >= 4 is 11.7 Å². The summed E-state index contributed by atoms with van der Waals surface area (Å²) in [6.07, 6.45) is 0. The smallest absolute Gasteiger partial charge is 0.763 e. The number of benzene rings is 1. The molecule has 0 atom stereocenters. The van der Waals surface area contributed by atoms with Crippen molar-refractivity contribution in [1.82, 2.24) is 0 Å². The van der Waals surface area contributed by atoms with Crippen molar-refractivity contribution in [2.75, 3.05) is 0 Å². The molecule has 48 valence electrons. The molecule has 4 heteroatoms. The maximum atomic E-state index is 8.37. The molecule has 0 saturated carbocycles. The summed E-state index contributed by atoms with van der Waals surface area (Å²) in [5, 5.41) is 17.9. The molecule has 0 aromatic heterocycles. The van der Waals surface area contributed by atoms with Crippen LogP contribution in [0.4, 0.5) is 0 Å². The predicted octanol–water partition coefficient (Wildman–Crippen LogP) is -6.48. The zero-order valence-electron chi connectivity index (χ0n) is 7.20. The second-order valence-corrected chi connectivity index (χ2v) is 1.80. The first kappa shape index (κ1) is 14.9. The van der Waals surface area contributed by atoms with Gasteiger partial charge in [0, 0.05) is 0 Å². The monoisotopic (exact) mass is 174 g/mol. The third-order valence-electron chi connectivity index (χ3n) is 1.14. The Balaban J connectivity index is 0. The van der Waals surface area contributed by atoms with Gasteiger partial charge in [-0.25, -0.2) is 0 Å². The topological polar surface area (TPSA) is 44.6 Å². The van der Waals surface area contributed by atoms with E-state index in [1.54, 1.807) is 24.3 Å². The van der Waals surface area contributed by atoms with Crippen LogP contribution in [0, 0.1) is 0 Å². The molecular formula is C8H4N2Na2. The van der Waals surface area contributed by atoms with E-state index in [1.165, 1.54) is 0 Å². The van der Waals surface area contributed by atoms with Crippen LogP contribution >= 0.6 is 0 Å². The van der Waals surface area contributed by atoms with Crippen LogP contribution in [0.25, 0.3) is 10.8 Å². The maximum Gasteiger partial charge on any atom is 1.00 e. The van der Waals surface area contributed by atoms with Crippen molar-refractivity contribution in [2.45, 2.75) is 0 Å². The van der Waals surface area contributed by atoms with Gasteiger partial charge in [0.25, 0.3) is 0 Å². The second-order valence-electron chi connectivity index (χ2n) is 1.80. The Morgan fingerprint density at radius 2 is 1.00 bits per heavy atom. The molecule has 2 nitrogen and oxygen atoms in total. The summed E-state index contributed by atoms with van der Waals surface area (Å²) < 4.78 is 0. The second kappa shape index (κ2) is 8.00. The number of hydrogen-bond acceptors (Lipinski definition) is 0. The first-order chi connectivity index (χ1) is 4.86. The minimum absolute atomic E-state index is 0. The maximum absolute atomic E-state index is 8.37. The van der Waals surface area contributed by atoms with Crippen molar-refractivity contribution in [3.05, 3.63) is 45.5 Å². The van der Waals surface area contributed by atoms with E-state index in [9.17, 15) is 0 Å². The van der Waals surface area contributed by atoms with Crippen molar-refractivity contribution in [3.8, 4) is 0 Å². The zero-order valence-corrected chi connectivity index (χ0v) is 11.2. The molecule has 0 aliphatic rings. The van der Waals surface area contributed by atoms with E-state index in [4.69, 9.17) is 10.8 Å². The van der Waals surface area contributed by atoms with Crippen LogP contribution in [0.15, 0.2) is 24.3 Å². The molecule has 0 amide bonds. The largest absolute Gasteiger partial charge is 1.00 e. The van der Waals surface area contributed by atoms with Crippen LogP contribution in [-0.4, -0.2) is 11.7 Å². The van der Waals surface area contributed by atoms with E-state index in [2.05, 4.69) is 0 Å². The predicted molar refractivity (Wildman–Crippen MR) is 40.6 cm³/mol. The SMILES string of the molecule is [N-]=C=c1ccc(=C=[N-])cc1.[Na+].[Na+]. The molecule has 0 N–H and O–H groups in total. The van der Waals surface area contributed by atoms with Gasteiger partial charge in [0.05, 0.1) is 0 Å². The van der Waals surface area contributed by atoms with E-state index in [-0.39, 0.29) is 59.1 Å². The summed E-state index contributed by atoms with van der Waals surface area (Å²) in [6.45, 7) is 0. The number of hydrogen-bond donors (Lipinski definition) is 0. The summed E-state index contributed by atoms with van der Waals surface area (Å²) in [7, 11) is 0. The molecule has 0 aliphatic heterocycles. The molecular weight excluding hydrogens is 170 g/mol. The molecule has 1 rings (SSSR count). The van der Waals surface area contributed by atoms with Gasteiger partial charge in [0.2, 0.25) is 0 Å². The van der Waals surface area contributed by atoms with Gasteiger partial charge in [-0.2, -0.15) is 0 Å². The average molecular weight is 174 g/mol. The molecule has 0 unspecified atom stereocenters. The van der Waals surface area contributed by atoms with Gasteiger partial charge in [0.1, 0.15) is 0 Å². The molecule has 0 fully saturated rings. The molecule has 1 aromatic rings. The fourth-order valence-corrected chi connectivity index (χ4v) is 0.619. The van der Waals surface area contributed by atoms with Gasteiger partial charge in [-0.05, 0) is 34.7 Å². The Morgan fingerprint density at radius 3 is 1.17 bits per heavy atom. The van der Waals surface area contributed by atoms with Gasteiger partial charge in [-0.1, -0.05) is 0 Å². The van der Waals surface area contributed by atoms with Gasteiger partial charge < -0.3 is 10.8 Å². The van der Waals surface area contributed by atoms with E-state index < -0.39 is 0 Å². The molecule has 0 radical (unpaired) electrons. The third-order valence-corrected chi connectivity index (χ3v) is 1.14. The van der Waals surface area contributed by atoms with Crippen molar-refractivity contribution in [2.24, 2.45) is 0 Å². The molecule has 1 aromatic carbocycles. The van der Waals surface area contributed by atoms with E-state index in [0.29, 0.717) is 10.4 Å².